The number of ether oxygens (including phenoxy) is 1. The molecule has 0 aliphatic carbocycles. The summed E-state index contributed by atoms with van der Waals surface area (Å²) in [5.74, 6) is -0.0496. The minimum Gasteiger partial charge on any atom is -0.487 e. The molecule has 0 radical (unpaired) electrons. The van der Waals surface area contributed by atoms with Crippen molar-refractivity contribution in [2.24, 2.45) is 0 Å². The summed E-state index contributed by atoms with van der Waals surface area (Å²) in [5, 5.41) is 2.75. The molecule has 1 aromatic heterocycles. The number of aromatic nitrogens is 1. The Bertz CT molecular complexity index is 853. The summed E-state index contributed by atoms with van der Waals surface area (Å²) in [4.78, 5) is 16.3. The van der Waals surface area contributed by atoms with E-state index in [1.54, 1.807) is 48.7 Å². The van der Waals surface area contributed by atoms with Crippen molar-refractivity contribution in [3.63, 3.8) is 0 Å². The molecule has 25 heavy (non-hydrogen) atoms. The molecule has 0 saturated heterocycles. The quantitative estimate of drug-likeness (QED) is 0.741. The van der Waals surface area contributed by atoms with Crippen LogP contribution in [-0.4, -0.2) is 10.9 Å². The smallest absolute Gasteiger partial charge is 0.228 e. The molecule has 4 nitrogen and oxygen atoms in total. The number of halogens is 1. The largest absolute Gasteiger partial charge is 0.487 e. The zero-order valence-electron chi connectivity index (χ0n) is 13.5. The van der Waals surface area contributed by atoms with Gasteiger partial charge in [-0.2, -0.15) is 0 Å². The Morgan fingerprint density at radius 1 is 1.04 bits per heavy atom. The molecular weight excluding hydrogens is 319 g/mol. The van der Waals surface area contributed by atoms with E-state index in [9.17, 15) is 9.18 Å². The maximum absolute atomic E-state index is 13.6. The highest BCUT2D eigenvalue weighted by Gasteiger charge is 2.08. The molecule has 0 bridgehead atoms. The number of nitrogens with one attached hydrogen (secondary N) is 1. The van der Waals surface area contributed by atoms with E-state index in [2.05, 4.69) is 10.3 Å². The van der Waals surface area contributed by atoms with E-state index < -0.39 is 0 Å². The highest BCUT2D eigenvalue weighted by molar-refractivity contribution is 5.92. The Labute approximate surface area is 145 Å². The van der Waals surface area contributed by atoms with Gasteiger partial charge in [-0.3, -0.25) is 9.78 Å². The molecule has 3 rings (SSSR count). The number of benzene rings is 2. The van der Waals surface area contributed by atoms with Crippen molar-refractivity contribution < 1.29 is 13.9 Å². The third-order valence-corrected chi connectivity index (χ3v) is 3.54. The number of nitrogens with zero attached hydrogens (tertiary/aromatic N) is 1. The van der Waals surface area contributed by atoms with Crippen LogP contribution in [-0.2, 0) is 17.8 Å². The van der Waals surface area contributed by atoms with E-state index in [0.717, 1.165) is 5.69 Å². The first-order valence-electron chi connectivity index (χ1n) is 7.87. The summed E-state index contributed by atoms with van der Waals surface area (Å²) in [7, 11) is 0. The van der Waals surface area contributed by atoms with E-state index in [-0.39, 0.29) is 18.1 Å². The molecule has 0 atom stereocenters. The standard InChI is InChI=1S/C20H17FN2O2/c21-19-10-2-1-6-15(19)12-20(24)23-16-8-5-9-18(13-16)25-14-17-7-3-4-11-22-17/h1-11,13H,12,14H2,(H,23,24). The van der Waals surface area contributed by atoms with Crippen LogP contribution in [0.1, 0.15) is 11.3 Å². The predicted octanol–water partition coefficient (Wildman–Crippen LogP) is 3.98. The molecule has 126 valence electrons. The van der Waals surface area contributed by atoms with E-state index in [1.807, 2.05) is 18.2 Å². The summed E-state index contributed by atoms with van der Waals surface area (Å²) in [6.45, 7) is 0.341. The van der Waals surface area contributed by atoms with Crippen LogP contribution in [0.5, 0.6) is 5.75 Å². The summed E-state index contributed by atoms with van der Waals surface area (Å²) < 4.78 is 19.3. The molecule has 1 heterocycles. The van der Waals surface area contributed by atoms with Gasteiger partial charge in [0, 0.05) is 18.0 Å². The lowest BCUT2D eigenvalue weighted by atomic mass is 10.1. The normalized spacial score (nSPS) is 10.3. The van der Waals surface area contributed by atoms with Crippen molar-refractivity contribution >= 4 is 11.6 Å². The van der Waals surface area contributed by atoms with Crippen molar-refractivity contribution in [3.8, 4) is 5.75 Å². The molecule has 1 amide bonds. The van der Waals surface area contributed by atoms with Gasteiger partial charge in [-0.1, -0.05) is 30.3 Å². The first-order valence-corrected chi connectivity index (χ1v) is 7.87. The lowest BCUT2D eigenvalue weighted by Gasteiger charge is -2.09. The number of anilines is 1. The van der Waals surface area contributed by atoms with Crippen molar-refractivity contribution in [2.45, 2.75) is 13.0 Å². The summed E-state index contributed by atoms with van der Waals surface area (Å²) in [6.07, 6.45) is 1.68. The molecule has 0 fully saturated rings. The second kappa shape index (κ2) is 8.06. The predicted molar refractivity (Wildman–Crippen MR) is 93.7 cm³/mol. The maximum Gasteiger partial charge on any atom is 0.228 e. The number of hydrogen-bond donors (Lipinski definition) is 1. The summed E-state index contributed by atoms with van der Waals surface area (Å²) >= 11 is 0. The van der Waals surface area contributed by atoms with E-state index in [0.29, 0.717) is 23.6 Å². The highest BCUT2D eigenvalue weighted by atomic mass is 19.1. The lowest BCUT2D eigenvalue weighted by Crippen LogP contribution is -2.15. The fourth-order valence-corrected chi connectivity index (χ4v) is 2.32. The number of amides is 1. The van der Waals surface area contributed by atoms with Crippen LogP contribution in [0.2, 0.25) is 0 Å². The van der Waals surface area contributed by atoms with E-state index in [4.69, 9.17) is 4.74 Å². The molecule has 3 aromatic rings. The van der Waals surface area contributed by atoms with Crippen LogP contribution in [0.4, 0.5) is 10.1 Å². The van der Waals surface area contributed by atoms with Crippen molar-refractivity contribution in [2.75, 3.05) is 5.32 Å². The number of carbonyl (C=O) groups is 1. The van der Waals surface area contributed by atoms with Crippen LogP contribution in [0.25, 0.3) is 0 Å². The summed E-state index contributed by atoms with van der Waals surface area (Å²) in [5.41, 5.74) is 1.78. The van der Waals surface area contributed by atoms with Gasteiger partial charge in [0.05, 0.1) is 12.1 Å². The third-order valence-electron chi connectivity index (χ3n) is 3.54. The number of carbonyl (C=O) groups excluding carboxylic acids is 1. The number of pyridine rings is 1. The molecule has 0 unspecified atom stereocenters. The van der Waals surface area contributed by atoms with Gasteiger partial charge in [-0.15, -0.1) is 0 Å². The van der Waals surface area contributed by atoms with Gasteiger partial charge in [0.1, 0.15) is 18.2 Å². The van der Waals surface area contributed by atoms with Gasteiger partial charge >= 0.3 is 0 Å². The summed E-state index contributed by atoms with van der Waals surface area (Å²) in [6, 6.07) is 18.9. The van der Waals surface area contributed by atoms with Gasteiger partial charge in [0.2, 0.25) is 5.91 Å². The fraction of sp³-hybridized carbons (Fsp3) is 0.100. The monoisotopic (exact) mass is 336 g/mol. The van der Waals surface area contributed by atoms with Crippen LogP contribution in [0.15, 0.2) is 72.9 Å². The Morgan fingerprint density at radius 2 is 1.88 bits per heavy atom. The third kappa shape index (κ3) is 4.88. The zero-order chi connectivity index (χ0) is 17.5. The van der Waals surface area contributed by atoms with Gasteiger partial charge in [0.15, 0.2) is 0 Å². The lowest BCUT2D eigenvalue weighted by molar-refractivity contribution is -0.115. The number of hydrogen-bond acceptors (Lipinski definition) is 3. The molecule has 2 aromatic carbocycles. The average molecular weight is 336 g/mol. The Kier molecular flexibility index (Phi) is 5.36. The SMILES string of the molecule is O=C(Cc1ccccc1F)Nc1cccc(OCc2ccccn2)c1. The minimum atomic E-state index is -0.384. The van der Waals surface area contributed by atoms with Crippen LogP contribution in [0.3, 0.4) is 0 Å². The Hall–Kier alpha value is -3.21. The molecule has 1 N–H and O–H groups in total. The highest BCUT2D eigenvalue weighted by Crippen LogP contribution is 2.19. The van der Waals surface area contributed by atoms with Crippen LogP contribution in [0, 0.1) is 5.82 Å². The maximum atomic E-state index is 13.6. The van der Waals surface area contributed by atoms with Gasteiger partial charge in [-0.05, 0) is 35.9 Å². The van der Waals surface area contributed by atoms with Gasteiger partial charge < -0.3 is 10.1 Å². The van der Waals surface area contributed by atoms with Crippen molar-refractivity contribution in [3.05, 3.63) is 90.0 Å². The van der Waals surface area contributed by atoms with Crippen LogP contribution < -0.4 is 10.1 Å². The average Bonchev–Trinajstić information content (AvgIpc) is 2.63. The van der Waals surface area contributed by atoms with Gasteiger partial charge in [-0.25, -0.2) is 4.39 Å². The molecule has 0 aliphatic rings. The second-order valence-electron chi connectivity index (χ2n) is 5.45. The van der Waals surface area contributed by atoms with E-state index in [1.165, 1.54) is 6.07 Å². The first kappa shape index (κ1) is 16.6. The molecular formula is C20H17FN2O2. The first-order chi connectivity index (χ1) is 12.2. The van der Waals surface area contributed by atoms with Gasteiger partial charge in [0.25, 0.3) is 0 Å². The molecule has 0 spiro atoms. The molecule has 5 heteroatoms. The molecule has 0 saturated carbocycles. The minimum absolute atomic E-state index is 0.0221. The fourth-order valence-electron chi connectivity index (χ4n) is 2.32. The number of rotatable bonds is 6. The zero-order valence-corrected chi connectivity index (χ0v) is 13.5. The Morgan fingerprint density at radius 3 is 2.68 bits per heavy atom. The Balaban J connectivity index is 1.59. The second-order valence-corrected chi connectivity index (χ2v) is 5.45. The van der Waals surface area contributed by atoms with Crippen LogP contribution >= 0.6 is 0 Å². The topological polar surface area (TPSA) is 51.2 Å². The van der Waals surface area contributed by atoms with Crippen molar-refractivity contribution in [1.29, 1.82) is 0 Å². The van der Waals surface area contributed by atoms with E-state index >= 15 is 0 Å². The molecule has 0 aliphatic heterocycles. The van der Waals surface area contributed by atoms with Crippen molar-refractivity contribution in [1.82, 2.24) is 4.98 Å².